The van der Waals surface area contributed by atoms with Crippen LogP contribution >= 0.6 is 11.3 Å². The first kappa shape index (κ1) is 10.8. The average molecular weight is 247 g/mol. The Morgan fingerprint density at radius 3 is 2.94 bits per heavy atom. The van der Waals surface area contributed by atoms with Crippen molar-refractivity contribution in [1.82, 2.24) is 0 Å². The molecule has 0 fully saturated rings. The van der Waals surface area contributed by atoms with Gasteiger partial charge < -0.3 is 5.32 Å². The number of hydrogen-bond donors (Lipinski definition) is 1. The molecule has 17 heavy (non-hydrogen) atoms. The number of rotatable bonds is 2. The van der Waals surface area contributed by atoms with E-state index < -0.39 is 6.17 Å². The van der Waals surface area contributed by atoms with Crippen molar-refractivity contribution in [3.8, 4) is 0 Å². The fourth-order valence-electron chi connectivity index (χ4n) is 2.40. The van der Waals surface area contributed by atoms with Crippen LogP contribution in [0.1, 0.15) is 27.7 Å². The largest absolute Gasteiger partial charge is 0.384 e. The molecule has 1 nitrogen and oxygen atoms in total. The van der Waals surface area contributed by atoms with Crippen molar-refractivity contribution in [3.05, 3.63) is 51.2 Å². The minimum Gasteiger partial charge on any atom is -0.384 e. The summed E-state index contributed by atoms with van der Waals surface area (Å²) < 4.78 is 14.6. The Hall–Kier alpha value is -1.35. The van der Waals surface area contributed by atoms with Gasteiger partial charge in [0.05, 0.1) is 0 Å². The molecule has 1 aliphatic heterocycles. The van der Waals surface area contributed by atoms with Crippen LogP contribution in [0.3, 0.4) is 0 Å². The normalized spacial score (nSPS) is 15.4. The maximum atomic E-state index is 14.6. The first-order valence-electron chi connectivity index (χ1n) is 5.81. The summed E-state index contributed by atoms with van der Waals surface area (Å²) in [6.07, 6.45) is -0.0137. The van der Waals surface area contributed by atoms with Gasteiger partial charge in [0.2, 0.25) is 0 Å². The van der Waals surface area contributed by atoms with Crippen LogP contribution in [-0.4, -0.2) is 6.54 Å². The number of fused-ring (bicyclic) bond motifs is 1. The van der Waals surface area contributed by atoms with Crippen LogP contribution in [0.5, 0.6) is 0 Å². The van der Waals surface area contributed by atoms with Crippen LogP contribution in [0.25, 0.3) is 0 Å². The molecule has 1 atom stereocenters. The van der Waals surface area contributed by atoms with E-state index in [4.69, 9.17) is 0 Å². The van der Waals surface area contributed by atoms with Crippen molar-refractivity contribution < 1.29 is 4.39 Å². The number of aryl methyl sites for hydroxylation is 1. The number of benzene rings is 1. The van der Waals surface area contributed by atoms with Gasteiger partial charge in [0, 0.05) is 28.2 Å². The molecule has 0 spiro atoms. The number of thiophene rings is 1. The summed E-state index contributed by atoms with van der Waals surface area (Å²) in [6, 6.07) is 7.80. The van der Waals surface area contributed by atoms with Crippen molar-refractivity contribution in [3.63, 3.8) is 0 Å². The molecular weight excluding hydrogens is 233 g/mol. The lowest BCUT2D eigenvalue weighted by molar-refractivity contribution is 0.402. The van der Waals surface area contributed by atoms with Gasteiger partial charge in [0.1, 0.15) is 0 Å². The van der Waals surface area contributed by atoms with Crippen molar-refractivity contribution in [2.45, 2.75) is 19.5 Å². The number of halogens is 1. The molecule has 1 N–H and O–H groups in total. The predicted molar refractivity (Wildman–Crippen MR) is 70.6 cm³/mol. The number of alkyl halides is 1. The zero-order chi connectivity index (χ0) is 11.8. The number of hydrogen-bond acceptors (Lipinski definition) is 2. The quantitative estimate of drug-likeness (QED) is 0.843. The molecule has 0 saturated heterocycles. The molecule has 0 saturated carbocycles. The second-order valence-corrected chi connectivity index (χ2v) is 5.47. The molecule has 2 aromatic rings. The molecule has 0 bridgehead atoms. The molecular formula is C14H14FNS. The zero-order valence-electron chi connectivity index (χ0n) is 9.66. The first-order valence-corrected chi connectivity index (χ1v) is 6.69. The number of nitrogens with one attached hydrogen (secondary N) is 1. The van der Waals surface area contributed by atoms with E-state index in [0.29, 0.717) is 0 Å². The average Bonchev–Trinajstić information content (AvgIpc) is 2.95. The summed E-state index contributed by atoms with van der Waals surface area (Å²) in [6.45, 7) is 2.89. The Morgan fingerprint density at radius 1 is 1.29 bits per heavy atom. The van der Waals surface area contributed by atoms with Crippen LogP contribution in [0, 0.1) is 6.92 Å². The third-order valence-electron chi connectivity index (χ3n) is 3.32. The maximum Gasteiger partial charge on any atom is 0.153 e. The van der Waals surface area contributed by atoms with E-state index in [0.717, 1.165) is 34.7 Å². The van der Waals surface area contributed by atoms with Gasteiger partial charge in [0.15, 0.2) is 6.17 Å². The highest BCUT2D eigenvalue weighted by Gasteiger charge is 2.22. The first-order chi connectivity index (χ1) is 8.27. The summed E-state index contributed by atoms with van der Waals surface area (Å²) in [5.41, 5.74) is 3.82. The highest BCUT2D eigenvalue weighted by Crippen LogP contribution is 2.38. The third kappa shape index (κ3) is 1.75. The van der Waals surface area contributed by atoms with Gasteiger partial charge in [0.25, 0.3) is 0 Å². The molecule has 1 aromatic heterocycles. The molecule has 88 valence electrons. The van der Waals surface area contributed by atoms with Crippen LogP contribution in [0.2, 0.25) is 0 Å². The van der Waals surface area contributed by atoms with Gasteiger partial charge in [-0.05, 0) is 30.4 Å². The van der Waals surface area contributed by atoms with Gasteiger partial charge in [-0.15, -0.1) is 11.3 Å². The summed E-state index contributed by atoms with van der Waals surface area (Å²) in [5, 5.41) is 5.25. The van der Waals surface area contributed by atoms with Crippen LogP contribution < -0.4 is 5.32 Å². The Morgan fingerprint density at radius 2 is 2.18 bits per heavy atom. The van der Waals surface area contributed by atoms with E-state index in [-0.39, 0.29) is 0 Å². The van der Waals surface area contributed by atoms with Gasteiger partial charge in [-0.3, -0.25) is 0 Å². The van der Waals surface area contributed by atoms with E-state index in [2.05, 4.69) is 11.4 Å². The van der Waals surface area contributed by atoms with Crippen molar-refractivity contribution >= 4 is 17.0 Å². The lowest BCUT2D eigenvalue weighted by Crippen LogP contribution is -2.00. The van der Waals surface area contributed by atoms with Crippen LogP contribution in [0.15, 0.2) is 29.6 Å². The molecule has 3 heteroatoms. The molecule has 2 heterocycles. The van der Waals surface area contributed by atoms with E-state index >= 15 is 0 Å². The van der Waals surface area contributed by atoms with E-state index in [9.17, 15) is 4.39 Å². The fourth-order valence-corrected chi connectivity index (χ4v) is 3.13. The van der Waals surface area contributed by atoms with Crippen molar-refractivity contribution in [1.29, 1.82) is 0 Å². The van der Waals surface area contributed by atoms with E-state index in [1.807, 2.05) is 30.5 Å². The second-order valence-electron chi connectivity index (χ2n) is 4.35. The van der Waals surface area contributed by atoms with Gasteiger partial charge >= 0.3 is 0 Å². The lowest BCUT2D eigenvalue weighted by Gasteiger charge is -2.13. The third-order valence-corrected chi connectivity index (χ3v) is 4.19. The number of anilines is 1. The molecule has 0 radical (unpaired) electrons. The monoisotopic (exact) mass is 247 g/mol. The molecule has 1 unspecified atom stereocenters. The smallest absolute Gasteiger partial charge is 0.153 e. The van der Waals surface area contributed by atoms with Gasteiger partial charge in [-0.2, -0.15) is 0 Å². The summed E-state index contributed by atoms with van der Waals surface area (Å²) >= 11 is 1.60. The van der Waals surface area contributed by atoms with Crippen molar-refractivity contribution in [2.24, 2.45) is 0 Å². The van der Waals surface area contributed by atoms with E-state index in [1.54, 1.807) is 11.3 Å². The molecule has 0 aliphatic carbocycles. The Labute approximate surface area is 104 Å². The summed E-state index contributed by atoms with van der Waals surface area (Å²) in [4.78, 5) is 1.06. The maximum absolute atomic E-state index is 14.6. The highest BCUT2D eigenvalue weighted by atomic mass is 32.1. The van der Waals surface area contributed by atoms with E-state index in [1.165, 1.54) is 5.56 Å². The minimum absolute atomic E-state index is 0.779. The summed E-state index contributed by atoms with van der Waals surface area (Å²) in [5.74, 6) is 0. The van der Waals surface area contributed by atoms with Gasteiger partial charge in [-0.1, -0.05) is 18.2 Å². The Kier molecular flexibility index (Phi) is 2.63. The van der Waals surface area contributed by atoms with Gasteiger partial charge in [-0.25, -0.2) is 4.39 Å². The Balaban J connectivity index is 2.05. The van der Waals surface area contributed by atoms with Crippen molar-refractivity contribution in [2.75, 3.05) is 11.9 Å². The lowest BCUT2D eigenvalue weighted by atomic mass is 9.99. The second kappa shape index (κ2) is 4.15. The minimum atomic E-state index is -1.01. The van der Waals surface area contributed by atoms with Crippen LogP contribution in [-0.2, 0) is 6.42 Å². The summed E-state index contributed by atoms with van der Waals surface area (Å²) in [7, 11) is 0. The zero-order valence-corrected chi connectivity index (χ0v) is 10.5. The molecule has 1 aliphatic rings. The SMILES string of the molecule is Cc1sccc1C(F)c1cccc2c1NCC2. The topological polar surface area (TPSA) is 12.0 Å². The highest BCUT2D eigenvalue weighted by molar-refractivity contribution is 7.10. The predicted octanol–water partition coefficient (Wildman–Crippen LogP) is 4.08. The molecule has 1 aromatic carbocycles. The standard InChI is InChI=1S/C14H14FNS/c1-9-11(6-8-17-9)13(15)12-4-2-3-10-5-7-16-14(10)12/h2-4,6,8,13,16H,5,7H2,1H3. The number of para-hydroxylation sites is 1. The van der Waals surface area contributed by atoms with Crippen LogP contribution in [0.4, 0.5) is 10.1 Å². The fraction of sp³-hybridized carbons (Fsp3) is 0.286. The Bertz CT molecular complexity index is 547. The molecule has 3 rings (SSSR count). The molecule has 0 amide bonds.